The van der Waals surface area contributed by atoms with E-state index in [-0.39, 0.29) is 11.9 Å². The molecule has 0 aliphatic carbocycles. The molecule has 9 atom stereocenters. The molecule has 27 heavy (non-hydrogen) atoms. The lowest BCUT2D eigenvalue weighted by Gasteiger charge is -2.44. The van der Waals surface area contributed by atoms with Crippen LogP contribution in [0.15, 0.2) is 0 Å². The number of aliphatic hydroxyl groups excluding tert-OH is 3. The number of carbonyl (C=O) groups excluding carboxylic acids is 1. The highest BCUT2D eigenvalue weighted by Crippen LogP contribution is 2.31. The lowest BCUT2D eigenvalue weighted by molar-refractivity contribution is -0.205. The zero-order valence-electron chi connectivity index (χ0n) is 16.4. The first-order chi connectivity index (χ1) is 12.7. The largest absolute Gasteiger partial charge is 0.388 e. The Morgan fingerprint density at radius 2 is 2.00 bits per heavy atom. The Labute approximate surface area is 170 Å². The van der Waals surface area contributed by atoms with Crippen molar-refractivity contribution < 1.29 is 24.9 Å². The van der Waals surface area contributed by atoms with Gasteiger partial charge in [-0.25, -0.2) is 0 Å². The fourth-order valence-corrected chi connectivity index (χ4v) is 5.00. The Morgan fingerprint density at radius 1 is 1.33 bits per heavy atom. The summed E-state index contributed by atoms with van der Waals surface area (Å²) < 4.78 is 5.79. The highest BCUT2D eigenvalue weighted by Gasteiger charge is 2.48. The van der Waals surface area contributed by atoms with Gasteiger partial charge in [0.1, 0.15) is 29.9 Å². The molecule has 2 aliphatic rings. The molecular weight excluding hydrogens is 392 g/mol. The molecule has 1 amide bonds. The second kappa shape index (κ2) is 10.1. The lowest BCUT2D eigenvalue weighted by atomic mass is 9.92. The number of rotatable bonds is 7. The summed E-state index contributed by atoms with van der Waals surface area (Å²) in [4.78, 5) is 14.9. The average molecular weight is 425 g/mol. The third-order valence-corrected chi connectivity index (χ3v) is 6.76. The molecule has 2 aliphatic heterocycles. The summed E-state index contributed by atoms with van der Waals surface area (Å²) in [6, 6.07) is -0.934. The van der Waals surface area contributed by atoms with Crippen molar-refractivity contribution in [3.05, 3.63) is 0 Å². The third kappa shape index (κ3) is 5.29. The van der Waals surface area contributed by atoms with Crippen LogP contribution in [0, 0.1) is 5.92 Å². The van der Waals surface area contributed by atoms with Gasteiger partial charge >= 0.3 is 0 Å². The van der Waals surface area contributed by atoms with Gasteiger partial charge in [0.25, 0.3) is 0 Å². The van der Waals surface area contributed by atoms with Crippen LogP contribution < -0.4 is 5.32 Å². The van der Waals surface area contributed by atoms with E-state index in [9.17, 15) is 20.1 Å². The smallest absolute Gasteiger partial charge is 0.237 e. The van der Waals surface area contributed by atoms with Crippen LogP contribution in [0.2, 0.25) is 0 Å². The predicted octanol–water partition coefficient (Wildman–Crippen LogP) is 0.390. The van der Waals surface area contributed by atoms with Gasteiger partial charge in [-0.15, -0.1) is 23.4 Å². The number of likely N-dealkylation sites (N-methyl/N-ethyl adjacent to an activating group) is 1. The molecule has 2 fully saturated rings. The van der Waals surface area contributed by atoms with Gasteiger partial charge in [0.05, 0.1) is 17.5 Å². The molecule has 158 valence electrons. The molecule has 0 aromatic heterocycles. The van der Waals surface area contributed by atoms with Crippen molar-refractivity contribution in [2.24, 2.45) is 5.92 Å². The minimum Gasteiger partial charge on any atom is -0.388 e. The molecule has 4 N–H and O–H groups in total. The summed E-state index contributed by atoms with van der Waals surface area (Å²) >= 11 is 7.55. The van der Waals surface area contributed by atoms with Crippen LogP contribution in [0.25, 0.3) is 0 Å². The number of thioether (sulfide) groups is 1. The number of alkyl halides is 1. The van der Waals surface area contributed by atoms with Crippen LogP contribution in [-0.2, 0) is 9.53 Å². The van der Waals surface area contributed by atoms with Gasteiger partial charge in [0.2, 0.25) is 5.91 Å². The van der Waals surface area contributed by atoms with Crippen LogP contribution in [0.5, 0.6) is 0 Å². The van der Waals surface area contributed by atoms with Gasteiger partial charge in [-0.2, -0.15) is 0 Å². The Morgan fingerprint density at radius 3 is 2.56 bits per heavy atom. The molecule has 0 radical (unpaired) electrons. The first-order valence-corrected chi connectivity index (χ1v) is 11.3. The number of amides is 1. The molecule has 0 aromatic rings. The van der Waals surface area contributed by atoms with Gasteiger partial charge in [-0.05, 0) is 39.0 Å². The first-order valence-electron chi connectivity index (χ1n) is 9.58. The monoisotopic (exact) mass is 424 g/mol. The van der Waals surface area contributed by atoms with Crippen molar-refractivity contribution in [1.29, 1.82) is 0 Å². The van der Waals surface area contributed by atoms with Crippen LogP contribution in [0.3, 0.4) is 0 Å². The highest BCUT2D eigenvalue weighted by atomic mass is 35.5. The number of nitrogens with zero attached hydrogens (tertiary/aromatic N) is 1. The summed E-state index contributed by atoms with van der Waals surface area (Å²) in [6.07, 6.45) is -0.0980. The maximum Gasteiger partial charge on any atom is 0.237 e. The van der Waals surface area contributed by atoms with E-state index < -0.39 is 41.3 Å². The van der Waals surface area contributed by atoms with Crippen LogP contribution >= 0.6 is 23.4 Å². The number of hydrogen-bond acceptors (Lipinski definition) is 7. The molecule has 9 heteroatoms. The molecule has 0 aromatic carbocycles. The molecular formula is C18H33ClN2O5S. The first kappa shape index (κ1) is 23.2. The molecule has 7 nitrogen and oxygen atoms in total. The van der Waals surface area contributed by atoms with Gasteiger partial charge in [0, 0.05) is 6.54 Å². The minimum absolute atomic E-state index is 0.147. The van der Waals surface area contributed by atoms with E-state index in [1.807, 2.05) is 11.9 Å². The van der Waals surface area contributed by atoms with Crippen LogP contribution in [-0.4, -0.2) is 93.3 Å². The van der Waals surface area contributed by atoms with Crippen LogP contribution in [0.1, 0.15) is 33.1 Å². The van der Waals surface area contributed by atoms with E-state index in [1.165, 1.54) is 11.8 Å². The lowest BCUT2D eigenvalue weighted by Crippen LogP contribution is -2.65. The molecule has 0 bridgehead atoms. The molecule has 2 rings (SSSR count). The molecule has 2 heterocycles. The molecule has 0 saturated carbocycles. The number of aliphatic hydroxyl groups is 3. The van der Waals surface area contributed by atoms with Crippen molar-refractivity contribution >= 4 is 29.3 Å². The van der Waals surface area contributed by atoms with Gasteiger partial charge < -0.3 is 25.4 Å². The third-order valence-electron chi connectivity index (χ3n) is 5.63. The van der Waals surface area contributed by atoms with Crippen molar-refractivity contribution in [1.82, 2.24) is 10.2 Å². The molecule has 0 spiro atoms. The fraction of sp³-hybridized carbons (Fsp3) is 0.944. The van der Waals surface area contributed by atoms with E-state index >= 15 is 0 Å². The van der Waals surface area contributed by atoms with Gasteiger partial charge in [-0.1, -0.05) is 13.3 Å². The summed E-state index contributed by atoms with van der Waals surface area (Å²) in [6.45, 7) is 4.74. The maximum atomic E-state index is 12.9. The highest BCUT2D eigenvalue weighted by molar-refractivity contribution is 7.99. The Hall–Kier alpha value is -0.0900. The summed E-state index contributed by atoms with van der Waals surface area (Å²) in [5.41, 5.74) is -0.702. The van der Waals surface area contributed by atoms with Crippen LogP contribution in [0.4, 0.5) is 0 Å². The number of carbonyl (C=O) groups is 1. The molecule has 0 unspecified atom stereocenters. The number of likely N-dealkylation sites (tertiary alicyclic amines) is 1. The standard InChI is InChI=1S/C18H33ClN2O5S/c1-5-6-10-7-11(21(3)8-10)17(25)20-12(9(2)19)16-14(23)13(22)15(24)18(26-16)27-4/h9-16,18,22-24H,5-8H2,1-4H3,(H,20,25)/t9-,10+,11-,12-,13+,14-,15-,16-,18-/m1/s1. The maximum absolute atomic E-state index is 12.9. The molecule has 2 saturated heterocycles. The summed E-state index contributed by atoms with van der Waals surface area (Å²) in [7, 11) is 1.94. The zero-order valence-corrected chi connectivity index (χ0v) is 18.0. The van der Waals surface area contributed by atoms with E-state index in [0.29, 0.717) is 5.92 Å². The summed E-state index contributed by atoms with van der Waals surface area (Å²) in [5, 5.41) is 33.0. The average Bonchev–Trinajstić information content (AvgIpc) is 2.99. The number of ether oxygens (including phenoxy) is 1. The quantitative estimate of drug-likeness (QED) is 0.438. The van der Waals surface area contributed by atoms with Crippen molar-refractivity contribution in [3.8, 4) is 0 Å². The second-order valence-electron chi connectivity index (χ2n) is 7.73. The van der Waals surface area contributed by atoms with Crippen molar-refractivity contribution in [2.75, 3.05) is 19.8 Å². The van der Waals surface area contributed by atoms with Crippen molar-refractivity contribution in [2.45, 2.75) is 80.4 Å². The Balaban J connectivity index is 2.09. The van der Waals surface area contributed by atoms with E-state index in [4.69, 9.17) is 16.3 Å². The SMILES string of the molecule is CCC[C@H]1C[C@H](C(=O)N[C@@H]([C@H]2O[C@H](SC)[C@H](O)[C@@H](O)[C@H]2O)[C@@H](C)Cl)N(C)C1. The zero-order chi connectivity index (χ0) is 20.3. The number of halogens is 1. The van der Waals surface area contributed by atoms with E-state index in [0.717, 1.165) is 25.8 Å². The Bertz CT molecular complexity index is 498. The fourth-order valence-electron chi connectivity index (χ4n) is 4.11. The number of nitrogens with one attached hydrogen (secondary N) is 1. The predicted molar refractivity (Wildman–Crippen MR) is 107 cm³/mol. The minimum atomic E-state index is -1.36. The topological polar surface area (TPSA) is 102 Å². The normalized spacial score (nSPS) is 39.9. The van der Waals surface area contributed by atoms with Gasteiger partial charge in [0.15, 0.2) is 0 Å². The van der Waals surface area contributed by atoms with Gasteiger partial charge in [-0.3, -0.25) is 9.69 Å². The van der Waals surface area contributed by atoms with E-state index in [2.05, 4.69) is 12.2 Å². The second-order valence-corrected chi connectivity index (χ2v) is 9.36. The number of hydrogen-bond donors (Lipinski definition) is 4. The summed E-state index contributed by atoms with van der Waals surface area (Å²) in [5.74, 6) is 0.350. The van der Waals surface area contributed by atoms with E-state index in [1.54, 1.807) is 13.2 Å². The van der Waals surface area contributed by atoms with Crippen molar-refractivity contribution in [3.63, 3.8) is 0 Å². The Kier molecular flexibility index (Phi) is 8.67.